The van der Waals surface area contributed by atoms with E-state index in [1.54, 1.807) is 24.3 Å². The first-order chi connectivity index (χ1) is 12.0. The van der Waals surface area contributed by atoms with Gasteiger partial charge < -0.3 is 20.7 Å². The highest BCUT2D eigenvalue weighted by atomic mass is 35.5. The Kier molecular flexibility index (Phi) is 9.62. The van der Waals surface area contributed by atoms with Crippen LogP contribution in [0.2, 0.25) is 0 Å². The summed E-state index contributed by atoms with van der Waals surface area (Å²) in [4.78, 5) is 26.2. The van der Waals surface area contributed by atoms with Crippen LogP contribution in [0.1, 0.15) is 43.5 Å². The van der Waals surface area contributed by atoms with Gasteiger partial charge in [0, 0.05) is 36.9 Å². The summed E-state index contributed by atoms with van der Waals surface area (Å²) in [5.74, 6) is -0.0763. The molecule has 1 aromatic carbocycles. The van der Waals surface area contributed by atoms with Crippen molar-refractivity contribution in [3.63, 3.8) is 0 Å². The number of benzene rings is 1. The molecule has 7 heteroatoms. The first-order valence-electron chi connectivity index (χ1n) is 9.03. The van der Waals surface area contributed by atoms with Gasteiger partial charge >= 0.3 is 0 Å². The molecule has 0 spiro atoms. The molecule has 0 bridgehead atoms. The van der Waals surface area contributed by atoms with Gasteiger partial charge in [-0.3, -0.25) is 9.59 Å². The summed E-state index contributed by atoms with van der Waals surface area (Å²) in [6.07, 6.45) is 2.82. The summed E-state index contributed by atoms with van der Waals surface area (Å²) in [6.45, 7) is 6.44. The third-order valence-corrected chi connectivity index (χ3v) is 4.35. The number of rotatable bonds is 7. The Morgan fingerprint density at radius 3 is 2.38 bits per heavy atom. The van der Waals surface area contributed by atoms with Crippen molar-refractivity contribution in [1.29, 1.82) is 0 Å². The number of amides is 2. The molecule has 0 aliphatic carbocycles. The molecule has 26 heavy (non-hydrogen) atoms. The smallest absolute Gasteiger partial charge is 0.253 e. The zero-order chi connectivity index (χ0) is 18.2. The molecule has 1 heterocycles. The van der Waals surface area contributed by atoms with E-state index in [2.05, 4.69) is 5.32 Å². The van der Waals surface area contributed by atoms with E-state index in [4.69, 9.17) is 10.5 Å². The van der Waals surface area contributed by atoms with E-state index in [-0.39, 0.29) is 36.2 Å². The fraction of sp³-hybridized carbons (Fsp3) is 0.579. The molecule has 1 fully saturated rings. The zero-order valence-corrected chi connectivity index (χ0v) is 16.4. The number of piperidine rings is 1. The third-order valence-electron chi connectivity index (χ3n) is 4.35. The third kappa shape index (κ3) is 6.59. The predicted octanol–water partition coefficient (Wildman–Crippen LogP) is 2.67. The average Bonchev–Trinajstić information content (AvgIpc) is 2.62. The van der Waals surface area contributed by atoms with Crippen molar-refractivity contribution < 1.29 is 14.3 Å². The molecule has 6 nitrogen and oxygen atoms in total. The molecule has 2 amide bonds. The highest BCUT2D eigenvalue weighted by Gasteiger charge is 2.24. The maximum absolute atomic E-state index is 12.6. The summed E-state index contributed by atoms with van der Waals surface area (Å²) in [6, 6.07) is 7.08. The van der Waals surface area contributed by atoms with Gasteiger partial charge in [0.15, 0.2) is 0 Å². The number of carbonyl (C=O) groups is 2. The Hall–Kier alpha value is -1.63. The largest absolute Gasteiger partial charge is 0.378 e. The van der Waals surface area contributed by atoms with Crippen LogP contribution >= 0.6 is 12.4 Å². The molecule has 0 radical (unpaired) electrons. The number of nitrogens with one attached hydrogen (secondary N) is 1. The highest BCUT2D eigenvalue weighted by Crippen LogP contribution is 2.18. The lowest BCUT2D eigenvalue weighted by Crippen LogP contribution is -2.41. The Morgan fingerprint density at radius 1 is 1.23 bits per heavy atom. The lowest BCUT2D eigenvalue weighted by atomic mass is 10.1. The molecule has 3 N–H and O–H groups in total. The van der Waals surface area contributed by atoms with Crippen LogP contribution in [-0.4, -0.2) is 49.1 Å². The van der Waals surface area contributed by atoms with Crippen LogP contribution in [0.4, 0.5) is 5.69 Å². The SMILES string of the molecule is CC(C)C(=O)Nc1ccc(C(=O)N2CCC(OCCCN)CC2)cc1.Cl. The van der Waals surface area contributed by atoms with E-state index >= 15 is 0 Å². The van der Waals surface area contributed by atoms with E-state index < -0.39 is 0 Å². The second-order valence-electron chi connectivity index (χ2n) is 6.73. The molecule has 0 unspecified atom stereocenters. The first-order valence-corrected chi connectivity index (χ1v) is 9.03. The van der Waals surface area contributed by atoms with Gasteiger partial charge in [0.25, 0.3) is 5.91 Å². The maximum atomic E-state index is 12.6. The molecular formula is C19H30ClN3O3. The Bertz CT molecular complexity index is 570. The maximum Gasteiger partial charge on any atom is 0.253 e. The van der Waals surface area contributed by atoms with Crippen LogP contribution in [0.15, 0.2) is 24.3 Å². The number of nitrogens with two attached hydrogens (primary N) is 1. The topological polar surface area (TPSA) is 84.7 Å². The van der Waals surface area contributed by atoms with Crippen LogP contribution in [0.5, 0.6) is 0 Å². The van der Waals surface area contributed by atoms with Crippen LogP contribution < -0.4 is 11.1 Å². The summed E-state index contributed by atoms with van der Waals surface area (Å²) in [7, 11) is 0. The number of carbonyl (C=O) groups excluding carboxylic acids is 2. The zero-order valence-electron chi connectivity index (χ0n) is 15.6. The minimum absolute atomic E-state index is 0. The number of halogens is 1. The molecule has 0 atom stereocenters. The Morgan fingerprint density at radius 2 is 1.85 bits per heavy atom. The molecular weight excluding hydrogens is 354 g/mol. The number of ether oxygens (including phenoxy) is 1. The fourth-order valence-electron chi connectivity index (χ4n) is 2.72. The number of hydrogen-bond acceptors (Lipinski definition) is 4. The standard InChI is InChI=1S/C19H29N3O3.ClH/c1-14(2)18(23)21-16-6-4-15(5-7-16)19(24)22-11-8-17(9-12-22)25-13-3-10-20;/h4-7,14,17H,3,8-13,20H2,1-2H3,(H,21,23);1H. The van der Waals surface area contributed by atoms with Gasteiger partial charge in [-0.25, -0.2) is 0 Å². The second kappa shape index (κ2) is 11.2. The molecule has 1 saturated heterocycles. The normalized spacial score (nSPS) is 14.8. The molecule has 0 saturated carbocycles. The van der Waals surface area contributed by atoms with E-state index in [1.807, 2.05) is 18.7 Å². The molecule has 2 rings (SSSR count). The van der Waals surface area contributed by atoms with Crippen molar-refractivity contribution in [3.8, 4) is 0 Å². The van der Waals surface area contributed by atoms with Gasteiger partial charge in [-0.15, -0.1) is 12.4 Å². The predicted molar refractivity (Wildman–Crippen MR) is 106 cm³/mol. The first kappa shape index (κ1) is 22.4. The number of nitrogens with zero attached hydrogens (tertiary/aromatic N) is 1. The summed E-state index contributed by atoms with van der Waals surface area (Å²) in [5.41, 5.74) is 6.82. The fourth-order valence-corrected chi connectivity index (χ4v) is 2.72. The summed E-state index contributed by atoms with van der Waals surface area (Å²) < 4.78 is 5.77. The summed E-state index contributed by atoms with van der Waals surface area (Å²) in [5, 5.41) is 2.83. The quantitative estimate of drug-likeness (QED) is 0.709. The van der Waals surface area contributed by atoms with Crippen molar-refractivity contribution in [1.82, 2.24) is 4.90 Å². The van der Waals surface area contributed by atoms with Crippen molar-refractivity contribution >= 4 is 29.9 Å². The van der Waals surface area contributed by atoms with Gasteiger partial charge in [0.1, 0.15) is 0 Å². The second-order valence-corrected chi connectivity index (χ2v) is 6.73. The van der Waals surface area contributed by atoms with E-state index in [0.717, 1.165) is 19.3 Å². The lowest BCUT2D eigenvalue weighted by Gasteiger charge is -2.32. The molecule has 146 valence electrons. The van der Waals surface area contributed by atoms with Crippen molar-refractivity contribution in [2.24, 2.45) is 11.7 Å². The number of anilines is 1. The number of hydrogen-bond donors (Lipinski definition) is 2. The van der Waals surface area contributed by atoms with Crippen LogP contribution in [-0.2, 0) is 9.53 Å². The molecule has 1 aliphatic heterocycles. The van der Waals surface area contributed by atoms with Crippen molar-refractivity contribution in [3.05, 3.63) is 29.8 Å². The van der Waals surface area contributed by atoms with E-state index in [0.29, 0.717) is 37.5 Å². The molecule has 1 aliphatic rings. The van der Waals surface area contributed by atoms with E-state index in [1.165, 1.54) is 0 Å². The van der Waals surface area contributed by atoms with Gasteiger partial charge in [0.2, 0.25) is 5.91 Å². The number of likely N-dealkylation sites (tertiary alicyclic amines) is 1. The molecule has 0 aromatic heterocycles. The van der Waals surface area contributed by atoms with Gasteiger partial charge in [0.05, 0.1) is 6.10 Å². The van der Waals surface area contributed by atoms with Gasteiger partial charge in [-0.2, -0.15) is 0 Å². The van der Waals surface area contributed by atoms with Crippen LogP contribution in [0, 0.1) is 5.92 Å². The Balaban J connectivity index is 0.00000338. The van der Waals surface area contributed by atoms with Crippen molar-refractivity contribution in [2.75, 3.05) is 31.6 Å². The summed E-state index contributed by atoms with van der Waals surface area (Å²) >= 11 is 0. The highest BCUT2D eigenvalue weighted by molar-refractivity contribution is 5.96. The minimum Gasteiger partial charge on any atom is -0.378 e. The van der Waals surface area contributed by atoms with Crippen LogP contribution in [0.3, 0.4) is 0 Å². The van der Waals surface area contributed by atoms with Crippen molar-refractivity contribution in [2.45, 2.75) is 39.2 Å². The Labute approximate surface area is 161 Å². The van der Waals surface area contributed by atoms with Crippen LogP contribution in [0.25, 0.3) is 0 Å². The average molecular weight is 384 g/mol. The monoisotopic (exact) mass is 383 g/mol. The van der Waals surface area contributed by atoms with E-state index in [9.17, 15) is 9.59 Å². The molecule has 1 aromatic rings. The minimum atomic E-state index is -0.0744. The lowest BCUT2D eigenvalue weighted by molar-refractivity contribution is -0.118. The van der Waals surface area contributed by atoms with Gasteiger partial charge in [-0.05, 0) is 50.1 Å². The van der Waals surface area contributed by atoms with Gasteiger partial charge in [-0.1, -0.05) is 13.8 Å².